The molecule has 8 heteroatoms. The Kier molecular flexibility index (Phi) is 33.4. The summed E-state index contributed by atoms with van der Waals surface area (Å²) >= 11 is 0. The summed E-state index contributed by atoms with van der Waals surface area (Å²) in [5.74, 6) is -1.48. The lowest BCUT2D eigenvalue weighted by molar-refractivity contribution is -0.887. The minimum Gasteiger partial charge on any atom is -0.477 e. The molecule has 0 saturated carbocycles. The van der Waals surface area contributed by atoms with Gasteiger partial charge in [0.25, 0.3) is 0 Å². The maximum absolute atomic E-state index is 12.7. The Morgan fingerprint density at radius 2 is 1.02 bits per heavy atom. The number of hydrogen-bond donors (Lipinski definition) is 1. The molecular formula is C43H80NO7+. The fraction of sp³-hybridized carbons (Fsp3) is 0.837. The number of carboxylic acid groups (broad SMARTS) is 1. The highest BCUT2D eigenvalue weighted by Crippen LogP contribution is 2.14. The normalized spacial score (nSPS) is 13.2. The van der Waals surface area contributed by atoms with Gasteiger partial charge in [0, 0.05) is 19.3 Å². The molecule has 2 atom stereocenters. The van der Waals surface area contributed by atoms with E-state index in [0.717, 1.165) is 51.4 Å². The molecule has 0 saturated heterocycles. The molecular weight excluding hydrogens is 642 g/mol. The van der Waals surface area contributed by atoms with Crippen molar-refractivity contribution in [1.29, 1.82) is 0 Å². The largest absolute Gasteiger partial charge is 0.477 e. The van der Waals surface area contributed by atoms with Crippen molar-refractivity contribution in [3.05, 3.63) is 24.3 Å². The lowest BCUT2D eigenvalue weighted by atomic mass is 10.0. The Morgan fingerprint density at radius 1 is 0.588 bits per heavy atom. The molecule has 1 N–H and O–H groups in total. The highest BCUT2D eigenvalue weighted by Gasteiger charge is 2.31. The van der Waals surface area contributed by atoms with Crippen LogP contribution in [0.4, 0.5) is 0 Å². The van der Waals surface area contributed by atoms with Gasteiger partial charge in [-0.05, 0) is 38.5 Å². The predicted molar refractivity (Wildman–Crippen MR) is 211 cm³/mol. The first-order valence-electron chi connectivity index (χ1n) is 20.9. The second-order valence-corrected chi connectivity index (χ2v) is 15.3. The lowest BCUT2D eigenvalue weighted by Gasteiger charge is -2.31. The summed E-state index contributed by atoms with van der Waals surface area (Å²) in [6.07, 6.45) is 36.4. The molecule has 0 heterocycles. The van der Waals surface area contributed by atoms with Gasteiger partial charge in [0.15, 0.2) is 12.1 Å². The van der Waals surface area contributed by atoms with Crippen LogP contribution in [0.3, 0.4) is 0 Å². The van der Waals surface area contributed by atoms with E-state index in [1.165, 1.54) is 96.3 Å². The van der Waals surface area contributed by atoms with E-state index in [1.54, 1.807) is 0 Å². The number of nitrogens with zero attached hydrogens (tertiary/aromatic N) is 1. The summed E-state index contributed by atoms with van der Waals surface area (Å²) in [7, 11) is 5.52. The van der Waals surface area contributed by atoms with Crippen molar-refractivity contribution >= 4 is 17.9 Å². The molecule has 0 bridgehead atoms. The van der Waals surface area contributed by atoms with Gasteiger partial charge in [-0.3, -0.25) is 9.59 Å². The van der Waals surface area contributed by atoms with Gasteiger partial charge in [-0.2, -0.15) is 0 Å². The van der Waals surface area contributed by atoms with Crippen LogP contribution in [0.15, 0.2) is 24.3 Å². The van der Waals surface area contributed by atoms with Crippen LogP contribution in [0.25, 0.3) is 0 Å². The maximum Gasteiger partial charge on any atom is 0.362 e. The van der Waals surface area contributed by atoms with Gasteiger partial charge in [0.2, 0.25) is 0 Å². The van der Waals surface area contributed by atoms with Gasteiger partial charge in [0.1, 0.15) is 6.61 Å². The topological polar surface area (TPSA) is 99.1 Å². The second-order valence-electron chi connectivity index (χ2n) is 15.3. The molecule has 51 heavy (non-hydrogen) atoms. The number of carboxylic acids is 1. The van der Waals surface area contributed by atoms with Gasteiger partial charge >= 0.3 is 17.9 Å². The molecule has 0 aliphatic rings. The average molecular weight is 723 g/mol. The van der Waals surface area contributed by atoms with Crippen molar-refractivity contribution in [2.45, 2.75) is 193 Å². The Labute approximate surface area is 313 Å². The monoisotopic (exact) mass is 723 g/mol. The van der Waals surface area contributed by atoms with Gasteiger partial charge in [0.05, 0.1) is 34.4 Å². The van der Waals surface area contributed by atoms with E-state index in [-0.39, 0.29) is 36.2 Å². The van der Waals surface area contributed by atoms with E-state index in [1.807, 2.05) is 21.1 Å². The summed E-state index contributed by atoms with van der Waals surface area (Å²) < 4.78 is 17.2. The molecule has 0 spiro atoms. The molecule has 8 nitrogen and oxygen atoms in total. The molecule has 0 fully saturated rings. The first kappa shape index (κ1) is 48.8. The second kappa shape index (κ2) is 34.9. The Bertz CT molecular complexity index is 895. The molecule has 298 valence electrons. The van der Waals surface area contributed by atoms with Gasteiger partial charge in [-0.25, -0.2) is 4.79 Å². The standard InChI is InChI=1S/C43H79NO7/c1-6-8-10-12-14-16-18-20-21-22-24-26-28-30-32-34-42(46)51-39(37-49-36-35-40(43(47)48)44(3,4)5)38-50-41(45)33-31-29-27-25-23-19-17-15-13-11-9-7-2/h14,16,18,20,39-40H,6-13,15,17,19,21-38H2,1-5H3/p+1/b16-14+,20-18+. The quantitative estimate of drug-likeness (QED) is 0.0295. The van der Waals surface area contributed by atoms with E-state index in [0.29, 0.717) is 19.3 Å². The average Bonchev–Trinajstić information content (AvgIpc) is 3.08. The van der Waals surface area contributed by atoms with E-state index in [2.05, 4.69) is 38.2 Å². The van der Waals surface area contributed by atoms with Crippen LogP contribution in [-0.2, 0) is 28.6 Å². The minimum atomic E-state index is -0.876. The fourth-order valence-corrected chi connectivity index (χ4v) is 6.08. The van der Waals surface area contributed by atoms with Crippen molar-refractivity contribution in [2.24, 2.45) is 0 Å². The summed E-state index contributed by atoms with van der Waals surface area (Å²) in [5, 5.41) is 9.60. The Hall–Kier alpha value is -2.19. The van der Waals surface area contributed by atoms with Gasteiger partial charge in [-0.1, -0.05) is 147 Å². The Balaban J connectivity index is 4.39. The SMILES string of the molecule is CCCCC/C=C/C=C/CCCCCCCCC(=O)OC(COCCC(C(=O)O)[N+](C)(C)C)COC(=O)CCCCCCCCCCCCCC. The zero-order chi connectivity index (χ0) is 37.8. The number of rotatable bonds is 37. The molecule has 0 aromatic carbocycles. The maximum atomic E-state index is 12.7. The number of aliphatic carboxylic acids is 1. The van der Waals surface area contributed by atoms with Crippen molar-refractivity contribution in [3.8, 4) is 0 Å². The van der Waals surface area contributed by atoms with E-state index < -0.39 is 18.1 Å². The van der Waals surface area contributed by atoms with Crippen molar-refractivity contribution < 1.29 is 38.2 Å². The number of esters is 2. The number of hydrogen-bond acceptors (Lipinski definition) is 6. The van der Waals surface area contributed by atoms with Crippen LogP contribution < -0.4 is 0 Å². The first-order chi connectivity index (χ1) is 24.6. The van der Waals surface area contributed by atoms with Crippen LogP contribution in [0.2, 0.25) is 0 Å². The number of allylic oxidation sites excluding steroid dienone is 4. The van der Waals surface area contributed by atoms with E-state index >= 15 is 0 Å². The molecule has 0 rings (SSSR count). The zero-order valence-electron chi connectivity index (χ0n) is 33.8. The summed E-state index contributed by atoms with van der Waals surface area (Å²) in [6, 6.07) is -0.613. The lowest BCUT2D eigenvalue weighted by Crippen LogP contribution is -2.50. The minimum absolute atomic E-state index is 0.0520. The van der Waals surface area contributed by atoms with Crippen molar-refractivity contribution in [3.63, 3.8) is 0 Å². The molecule has 2 unspecified atom stereocenters. The smallest absolute Gasteiger partial charge is 0.362 e. The van der Waals surface area contributed by atoms with E-state index in [4.69, 9.17) is 14.2 Å². The molecule has 0 aliphatic heterocycles. The molecule has 0 aromatic rings. The van der Waals surface area contributed by atoms with Crippen LogP contribution in [0, 0.1) is 0 Å². The molecule has 0 aliphatic carbocycles. The van der Waals surface area contributed by atoms with E-state index in [9.17, 15) is 19.5 Å². The van der Waals surface area contributed by atoms with Crippen LogP contribution >= 0.6 is 0 Å². The molecule has 0 aromatic heterocycles. The van der Waals surface area contributed by atoms with Gasteiger partial charge < -0.3 is 23.8 Å². The number of carbonyl (C=O) groups is 3. The van der Waals surface area contributed by atoms with Crippen LogP contribution in [0.5, 0.6) is 0 Å². The fourth-order valence-electron chi connectivity index (χ4n) is 6.08. The number of carbonyl (C=O) groups excluding carboxylic acids is 2. The summed E-state index contributed by atoms with van der Waals surface area (Å²) in [5.41, 5.74) is 0. The van der Waals surface area contributed by atoms with Crippen LogP contribution in [-0.4, -0.2) is 80.6 Å². The van der Waals surface area contributed by atoms with Crippen LogP contribution in [0.1, 0.15) is 181 Å². The number of ether oxygens (including phenoxy) is 3. The Morgan fingerprint density at radius 3 is 1.51 bits per heavy atom. The number of quaternary nitrogens is 1. The number of unbranched alkanes of at least 4 members (excludes halogenated alkanes) is 20. The highest BCUT2D eigenvalue weighted by molar-refractivity contribution is 5.72. The number of likely N-dealkylation sites (N-methyl/N-ethyl adjacent to an activating group) is 1. The molecule has 0 amide bonds. The molecule has 0 radical (unpaired) electrons. The highest BCUT2D eigenvalue weighted by atomic mass is 16.6. The third kappa shape index (κ3) is 33.4. The third-order valence-corrected chi connectivity index (χ3v) is 9.38. The first-order valence-corrected chi connectivity index (χ1v) is 20.9. The van der Waals surface area contributed by atoms with Gasteiger partial charge in [-0.15, -0.1) is 0 Å². The summed E-state index contributed by atoms with van der Waals surface area (Å²) in [4.78, 5) is 36.9. The predicted octanol–water partition coefficient (Wildman–Crippen LogP) is 10.9. The van der Waals surface area contributed by atoms with Crippen molar-refractivity contribution in [1.82, 2.24) is 0 Å². The summed E-state index contributed by atoms with van der Waals surface area (Å²) in [6.45, 7) is 4.69. The third-order valence-electron chi connectivity index (χ3n) is 9.38. The van der Waals surface area contributed by atoms with Crippen molar-refractivity contribution in [2.75, 3.05) is 41.0 Å². The zero-order valence-corrected chi connectivity index (χ0v) is 33.8.